The maximum Gasteiger partial charge on any atom is 0.0715 e. The average Bonchev–Trinajstić information content (AvgIpc) is 2.62. The van der Waals surface area contributed by atoms with Gasteiger partial charge in [-0.05, 0) is 50.1 Å². The predicted molar refractivity (Wildman–Crippen MR) is 107 cm³/mol. The second-order valence-corrected chi connectivity index (χ2v) is 6.81. The summed E-state index contributed by atoms with van der Waals surface area (Å²) in [6, 6.07) is 26.0. The minimum atomic E-state index is 1.02. The molecule has 1 heteroatoms. The Labute approximate surface area is 149 Å². The Balaban J connectivity index is 1.99. The minimum Gasteiger partial charge on any atom is -0.248 e. The van der Waals surface area contributed by atoms with Gasteiger partial charge in [-0.3, -0.25) is 0 Å². The van der Waals surface area contributed by atoms with E-state index in [0.29, 0.717) is 0 Å². The molecule has 0 unspecified atom stereocenters. The molecule has 0 aliphatic rings. The van der Waals surface area contributed by atoms with Crippen LogP contribution in [0.1, 0.15) is 16.7 Å². The van der Waals surface area contributed by atoms with Gasteiger partial charge in [0, 0.05) is 10.9 Å². The van der Waals surface area contributed by atoms with Crippen LogP contribution in [0.2, 0.25) is 0 Å². The summed E-state index contributed by atoms with van der Waals surface area (Å²) in [5.74, 6) is 0. The van der Waals surface area contributed by atoms with E-state index in [9.17, 15) is 0 Å². The molecule has 3 aromatic carbocycles. The van der Waals surface area contributed by atoms with Crippen LogP contribution in [-0.4, -0.2) is 4.98 Å². The van der Waals surface area contributed by atoms with Crippen molar-refractivity contribution in [2.45, 2.75) is 20.8 Å². The van der Waals surface area contributed by atoms with Gasteiger partial charge in [0.05, 0.1) is 11.2 Å². The number of fused-ring (bicyclic) bond motifs is 1. The maximum atomic E-state index is 4.92. The number of aromatic nitrogens is 1. The monoisotopic (exact) mass is 323 g/mol. The first-order valence-electron chi connectivity index (χ1n) is 8.66. The molecule has 1 nitrogen and oxygen atoms in total. The standard InChI is InChI=1S/C24H21N/c1-16-4-9-19(10-5-16)21-15-24(20-11-6-17(2)7-12-20)25-23-13-8-18(3)14-22(21)23/h4-15H,1-3H3. The Bertz CT molecular complexity index is 1040. The molecule has 122 valence electrons. The highest BCUT2D eigenvalue weighted by Gasteiger charge is 2.10. The highest BCUT2D eigenvalue weighted by Crippen LogP contribution is 2.32. The van der Waals surface area contributed by atoms with Gasteiger partial charge >= 0.3 is 0 Å². The molecule has 1 aromatic heterocycles. The van der Waals surface area contributed by atoms with Gasteiger partial charge < -0.3 is 0 Å². The van der Waals surface area contributed by atoms with Crippen molar-refractivity contribution in [3.8, 4) is 22.4 Å². The predicted octanol–water partition coefficient (Wildman–Crippen LogP) is 6.49. The second-order valence-electron chi connectivity index (χ2n) is 6.81. The summed E-state index contributed by atoms with van der Waals surface area (Å²) in [4.78, 5) is 4.92. The molecule has 25 heavy (non-hydrogen) atoms. The fourth-order valence-electron chi connectivity index (χ4n) is 3.18. The summed E-state index contributed by atoms with van der Waals surface area (Å²) >= 11 is 0. The second kappa shape index (κ2) is 6.18. The smallest absolute Gasteiger partial charge is 0.0715 e. The van der Waals surface area contributed by atoms with Crippen molar-refractivity contribution in [1.82, 2.24) is 4.98 Å². The molecule has 4 rings (SSSR count). The molecular formula is C24H21N. The fourth-order valence-corrected chi connectivity index (χ4v) is 3.18. The third-order valence-corrected chi connectivity index (χ3v) is 4.67. The van der Waals surface area contributed by atoms with E-state index in [4.69, 9.17) is 4.98 Å². The molecular weight excluding hydrogens is 302 g/mol. The van der Waals surface area contributed by atoms with E-state index < -0.39 is 0 Å². The van der Waals surface area contributed by atoms with Crippen LogP contribution in [0, 0.1) is 20.8 Å². The lowest BCUT2D eigenvalue weighted by Crippen LogP contribution is -1.91. The summed E-state index contributed by atoms with van der Waals surface area (Å²) in [7, 11) is 0. The Morgan fingerprint density at radius 3 is 1.76 bits per heavy atom. The number of aryl methyl sites for hydroxylation is 3. The van der Waals surface area contributed by atoms with Crippen molar-refractivity contribution in [2.24, 2.45) is 0 Å². The van der Waals surface area contributed by atoms with Crippen molar-refractivity contribution < 1.29 is 0 Å². The van der Waals surface area contributed by atoms with E-state index in [1.165, 1.54) is 33.2 Å². The van der Waals surface area contributed by atoms with E-state index in [0.717, 1.165) is 16.8 Å². The van der Waals surface area contributed by atoms with Crippen molar-refractivity contribution in [1.29, 1.82) is 0 Å². The van der Waals surface area contributed by atoms with Crippen molar-refractivity contribution >= 4 is 10.9 Å². The van der Waals surface area contributed by atoms with Crippen LogP contribution < -0.4 is 0 Å². The summed E-state index contributed by atoms with van der Waals surface area (Å²) in [5.41, 5.74) is 9.48. The van der Waals surface area contributed by atoms with Gasteiger partial charge in [0.1, 0.15) is 0 Å². The first kappa shape index (κ1) is 15.6. The van der Waals surface area contributed by atoms with Crippen LogP contribution in [0.5, 0.6) is 0 Å². The molecule has 4 aromatic rings. The summed E-state index contributed by atoms with van der Waals surface area (Å²) in [6.45, 7) is 6.36. The zero-order valence-electron chi connectivity index (χ0n) is 14.9. The van der Waals surface area contributed by atoms with Gasteiger partial charge in [-0.1, -0.05) is 71.3 Å². The highest BCUT2D eigenvalue weighted by atomic mass is 14.7. The molecule has 0 aliphatic heterocycles. The molecule has 0 radical (unpaired) electrons. The molecule has 0 fully saturated rings. The van der Waals surface area contributed by atoms with Crippen LogP contribution in [0.3, 0.4) is 0 Å². The van der Waals surface area contributed by atoms with E-state index in [1.807, 2.05) is 0 Å². The van der Waals surface area contributed by atoms with E-state index in [-0.39, 0.29) is 0 Å². The van der Waals surface area contributed by atoms with E-state index >= 15 is 0 Å². The van der Waals surface area contributed by atoms with Crippen LogP contribution in [0.4, 0.5) is 0 Å². The Morgan fingerprint density at radius 2 is 1.12 bits per heavy atom. The highest BCUT2D eigenvalue weighted by molar-refractivity contribution is 5.97. The molecule has 0 N–H and O–H groups in total. The quantitative estimate of drug-likeness (QED) is 0.410. The SMILES string of the molecule is Cc1ccc(-c2cc(-c3ccc(C)cc3)c3cc(C)ccc3n2)cc1. The van der Waals surface area contributed by atoms with E-state index in [2.05, 4.69) is 93.6 Å². The average molecular weight is 323 g/mol. The third kappa shape index (κ3) is 3.06. The lowest BCUT2D eigenvalue weighted by atomic mass is 9.96. The van der Waals surface area contributed by atoms with Crippen molar-refractivity contribution in [3.05, 3.63) is 89.5 Å². The van der Waals surface area contributed by atoms with Gasteiger partial charge in [0.2, 0.25) is 0 Å². The number of nitrogens with zero attached hydrogens (tertiary/aromatic N) is 1. The number of rotatable bonds is 2. The van der Waals surface area contributed by atoms with Gasteiger partial charge in [-0.25, -0.2) is 4.98 Å². The first-order chi connectivity index (χ1) is 12.1. The number of pyridine rings is 1. The largest absolute Gasteiger partial charge is 0.248 e. The molecule has 1 heterocycles. The minimum absolute atomic E-state index is 1.02. The van der Waals surface area contributed by atoms with Gasteiger partial charge in [0.25, 0.3) is 0 Å². The Kier molecular flexibility index (Phi) is 3.85. The third-order valence-electron chi connectivity index (χ3n) is 4.67. The molecule has 0 bridgehead atoms. The molecule has 0 saturated carbocycles. The molecule has 0 atom stereocenters. The lowest BCUT2D eigenvalue weighted by molar-refractivity contribution is 1.37. The Hall–Kier alpha value is -2.93. The molecule has 0 spiro atoms. The van der Waals surface area contributed by atoms with Crippen molar-refractivity contribution in [2.75, 3.05) is 0 Å². The number of hydrogen-bond acceptors (Lipinski definition) is 1. The van der Waals surface area contributed by atoms with Crippen LogP contribution >= 0.6 is 0 Å². The zero-order chi connectivity index (χ0) is 17.4. The van der Waals surface area contributed by atoms with Crippen molar-refractivity contribution in [3.63, 3.8) is 0 Å². The summed E-state index contributed by atoms with van der Waals surface area (Å²) < 4.78 is 0. The lowest BCUT2D eigenvalue weighted by Gasteiger charge is -2.12. The zero-order valence-corrected chi connectivity index (χ0v) is 14.9. The van der Waals surface area contributed by atoms with Crippen LogP contribution in [0.25, 0.3) is 33.3 Å². The first-order valence-corrected chi connectivity index (χ1v) is 8.66. The number of benzene rings is 3. The van der Waals surface area contributed by atoms with E-state index in [1.54, 1.807) is 0 Å². The summed E-state index contributed by atoms with van der Waals surface area (Å²) in [6.07, 6.45) is 0. The fraction of sp³-hybridized carbons (Fsp3) is 0.125. The number of hydrogen-bond donors (Lipinski definition) is 0. The van der Waals surface area contributed by atoms with Gasteiger partial charge in [-0.2, -0.15) is 0 Å². The van der Waals surface area contributed by atoms with Gasteiger partial charge in [-0.15, -0.1) is 0 Å². The molecule has 0 saturated heterocycles. The maximum absolute atomic E-state index is 4.92. The summed E-state index contributed by atoms with van der Waals surface area (Å²) in [5, 5.41) is 1.21. The Morgan fingerprint density at radius 1 is 0.560 bits per heavy atom. The molecule has 0 amide bonds. The topological polar surface area (TPSA) is 12.9 Å². The van der Waals surface area contributed by atoms with Crippen LogP contribution in [0.15, 0.2) is 72.8 Å². The van der Waals surface area contributed by atoms with Gasteiger partial charge in [0.15, 0.2) is 0 Å². The normalized spacial score (nSPS) is 11.0. The molecule has 0 aliphatic carbocycles. The van der Waals surface area contributed by atoms with Crippen LogP contribution in [-0.2, 0) is 0 Å².